The number of rotatable bonds is 6. The maximum absolute atomic E-state index is 12.1. The molecule has 1 amide bonds. The van der Waals surface area contributed by atoms with Crippen molar-refractivity contribution in [1.82, 2.24) is 5.32 Å². The Labute approximate surface area is 114 Å². The van der Waals surface area contributed by atoms with E-state index < -0.39 is 0 Å². The van der Waals surface area contributed by atoms with Crippen molar-refractivity contribution in [3.05, 3.63) is 34.3 Å². The van der Waals surface area contributed by atoms with Crippen LogP contribution in [-0.2, 0) is 0 Å². The van der Waals surface area contributed by atoms with E-state index in [0.29, 0.717) is 17.1 Å². The van der Waals surface area contributed by atoms with E-state index in [2.05, 4.69) is 12.2 Å². The lowest BCUT2D eigenvalue weighted by Crippen LogP contribution is -2.40. The fourth-order valence-electron chi connectivity index (χ4n) is 1.84. The van der Waals surface area contributed by atoms with Gasteiger partial charge >= 0.3 is 0 Å². The molecule has 0 aliphatic carbocycles. The Kier molecular flexibility index (Phi) is 6.16. The number of halogens is 1. The van der Waals surface area contributed by atoms with Crippen molar-refractivity contribution in [2.75, 3.05) is 6.54 Å². The highest BCUT2D eigenvalue weighted by molar-refractivity contribution is 6.31. The summed E-state index contributed by atoms with van der Waals surface area (Å²) in [6.45, 7) is 4.50. The molecule has 1 atom stereocenters. The number of nitrogens with two attached hydrogens (primary N) is 1. The van der Waals surface area contributed by atoms with Gasteiger partial charge in [-0.3, -0.25) is 4.79 Å². The van der Waals surface area contributed by atoms with Crippen LogP contribution in [0.1, 0.15) is 42.1 Å². The first kappa shape index (κ1) is 15.0. The van der Waals surface area contributed by atoms with Crippen molar-refractivity contribution < 1.29 is 4.79 Å². The lowest BCUT2D eigenvalue weighted by molar-refractivity contribution is 0.0935. The van der Waals surface area contributed by atoms with Gasteiger partial charge in [0.15, 0.2) is 0 Å². The van der Waals surface area contributed by atoms with Gasteiger partial charge in [0.1, 0.15) is 0 Å². The molecule has 0 saturated heterocycles. The average molecular weight is 269 g/mol. The molecule has 1 unspecified atom stereocenters. The Bertz CT molecular complexity index is 387. The summed E-state index contributed by atoms with van der Waals surface area (Å²) in [7, 11) is 0. The molecule has 18 heavy (non-hydrogen) atoms. The Morgan fingerprint density at radius 2 is 2.17 bits per heavy atom. The number of aryl methyl sites for hydroxylation is 1. The Hall–Kier alpha value is -1.06. The minimum Gasteiger partial charge on any atom is -0.348 e. The van der Waals surface area contributed by atoms with Gasteiger partial charge in [-0.25, -0.2) is 0 Å². The van der Waals surface area contributed by atoms with E-state index in [1.165, 1.54) is 0 Å². The van der Waals surface area contributed by atoms with Gasteiger partial charge < -0.3 is 11.1 Å². The summed E-state index contributed by atoms with van der Waals surface area (Å²) in [6.07, 6.45) is 3.08. The zero-order valence-corrected chi connectivity index (χ0v) is 11.8. The van der Waals surface area contributed by atoms with Crippen LogP contribution in [0.5, 0.6) is 0 Å². The number of nitrogens with one attached hydrogen (secondary N) is 1. The first-order valence-corrected chi connectivity index (χ1v) is 6.72. The van der Waals surface area contributed by atoms with E-state index >= 15 is 0 Å². The zero-order chi connectivity index (χ0) is 13.5. The number of unbranched alkanes of at least 4 members (excludes halogenated alkanes) is 1. The number of hydrogen-bond donors (Lipinski definition) is 2. The SMILES string of the molecule is CCCCC(CN)NC(=O)c1cc(C)cc(Cl)c1. The van der Waals surface area contributed by atoms with Gasteiger partial charge in [0.25, 0.3) is 5.91 Å². The molecule has 0 fully saturated rings. The highest BCUT2D eigenvalue weighted by atomic mass is 35.5. The van der Waals surface area contributed by atoms with Crippen LogP contribution in [0.2, 0.25) is 5.02 Å². The van der Waals surface area contributed by atoms with Crippen LogP contribution in [0.3, 0.4) is 0 Å². The number of hydrogen-bond acceptors (Lipinski definition) is 2. The van der Waals surface area contributed by atoms with Crippen molar-refractivity contribution >= 4 is 17.5 Å². The van der Waals surface area contributed by atoms with E-state index in [1.54, 1.807) is 6.07 Å². The molecule has 0 radical (unpaired) electrons. The molecule has 0 spiro atoms. The summed E-state index contributed by atoms with van der Waals surface area (Å²) in [4.78, 5) is 12.1. The van der Waals surface area contributed by atoms with Crippen LogP contribution >= 0.6 is 11.6 Å². The molecule has 100 valence electrons. The van der Waals surface area contributed by atoms with Crippen molar-refractivity contribution in [1.29, 1.82) is 0 Å². The van der Waals surface area contributed by atoms with E-state index in [0.717, 1.165) is 24.8 Å². The summed E-state index contributed by atoms with van der Waals surface area (Å²) in [6, 6.07) is 5.37. The molecule has 4 heteroatoms. The molecule has 0 heterocycles. The number of carbonyl (C=O) groups is 1. The van der Waals surface area contributed by atoms with Gasteiger partial charge in [0.05, 0.1) is 0 Å². The van der Waals surface area contributed by atoms with Crippen molar-refractivity contribution in [2.24, 2.45) is 5.73 Å². The van der Waals surface area contributed by atoms with Crippen LogP contribution in [0, 0.1) is 6.92 Å². The maximum atomic E-state index is 12.1. The lowest BCUT2D eigenvalue weighted by Gasteiger charge is -2.16. The summed E-state index contributed by atoms with van der Waals surface area (Å²) < 4.78 is 0. The molecule has 1 aromatic rings. The summed E-state index contributed by atoms with van der Waals surface area (Å²) in [5.41, 5.74) is 7.23. The van der Waals surface area contributed by atoms with E-state index in [1.807, 2.05) is 19.1 Å². The molecule has 1 aromatic carbocycles. The predicted octanol–water partition coefficient (Wildman–Crippen LogP) is 2.90. The number of amides is 1. The molecule has 0 saturated carbocycles. The van der Waals surface area contributed by atoms with Gasteiger partial charge in [0, 0.05) is 23.2 Å². The number of benzene rings is 1. The molecular formula is C14H21ClN2O. The third-order valence-electron chi connectivity index (χ3n) is 2.83. The Morgan fingerprint density at radius 3 is 2.72 bits per heavy atom. The van der Waals surface area contributed by atoms with Gasteiger partial charge in [0.2, 0.25) is 0 Å². The highest BCUT2D eigenvalue weighted by Crippen LogP contribution is 2.14. The molecule has 3 nitrogen and oxygen atoms in total. The highest BCUT2D eigenvalue weighted by Gasteiger charge is 2.12. The second-order valence-corrected chi connectivity index (χ2v) is 5.00. The largest absolute Gasteiger partial charge is 0.348 e. The van der Waals surface area contributed by atoms with E-state index in [9.17, 15) is 4.79 Å². The quantitative estimate of drug-likeness (QED) is 0.834. The Morgan fingerprint density at radius 1 is 1.44 bits per heavy atom. The molecule has 0 aliphatic heterocycles. The maximum Gasteiger partial charge on any atom is 0.251 e. The molecular weight excluding hydrogens is 248 g/mol. The average Bonchev–Trinajstić information content (AvgIpc) is 2.32. The van der Waals surface area contributed by atoms with Gasteiger partial charge in [-0.2, -0.15) is 0 Å². The van der Waals surface area contributed by atoms with Gasteiger partial charge in [-0.05, 0) is 37.1 Å². The summed E-state index contributed by atoms with van der Waals surface area (Å²) in [5.74, 6) is -0.104. The lowest BCUT2D eigenvalue weighted by atomic mass is 10.1. The third kappa shape index (κ3) is 4.67. The van der Waals surface area contributed by atoms with Gasteiger partial charge in [-0.15, -0.1) is 0 Å². The smallest absolute Gasteiger partial charge is 0.251 e. The van der Waals surface area contributed by atoms with E-state index in [-0.39, 0.29) is 11.9 Å². The van der Waals surface area contributed by atoms with Crippen LogP contribution in [0.15, 0.2) is 18.2 Å². The van der Waals surface area contributed by atoms with Crippen molar-refractivity contribution in [3.8, 4) is 0 Å². The number of carbonyl (C=O) groups excluding carboxylic acids is 1. The second-order valence-electron chi connectivity index (χ2n) is 4.57. The van der Waals surface area contributed by atoms with Crippen molar-refractivity contribution in [3.63, 3.8) is 0 Å². The second kappa shape index (κ2) is 7.39. The van der Waals surface area contributed by atoms with Crippen LogP contribution in [0.25, 0.3) is 0 Å². The Balaban J connectivity index is 2.68. The van der Waals surface area contributed by atoms with Crippen LogP contribution in [-0.4, -0.2) is 18.5 Å². The molecule has 0 aromatic heterocycles. The van der Waals surface area contributed by atoms with Crippen molar-refractivity contribution in [2.45, 2.75) is 39.2 Å². The monoisotopic (exact) mass is 268 g/mol. The fourth-order valence-corrected chi connectivity index (χ4v) is 2.13. The van der Waals surface area contributed by atoms with Crippen LogP contribution in [0.4, 0.5) is 0 Å². The zero-order valence-electron chi connectivity index (χ0n) is 11.0. The summed E-state index contributed by atoms with van der Waals surface area (Å²) >= 11 is 5.94. The first-order valence-electron chi connectivity index (χ1n) is 6.35. The standard InChI is InChI=1S/C14H21ClN2O/c1-3-4-5-13(9-16)17-14(18)11-6-10(2)7-12(15)8-11/h6-8,13H,3-5,9,16H2,1-2H3,(H,17,18). The molecule has 3 N–H and O–H groups in total. The van der Waals surface area contributed by atoms with E-state index in [4.69, 9.17) is 17.3 Å². The summed E-state index contributed by atoms with van der Waals surface area (Å²) in [5, 5.41) is 3.53. The normalized spacial score (nSPS) is 12.2. The minimum absolute atomic E-state index is 0.0386. The first-order chi connectivity index (χ1) is 8.56. The molecule has 0 bridgehead atoms. The molecule has 0 aliphatic rings. The van der Waals surface area contributed by atoms with Crippen LogP contribution < -0.4 is 11.1 Å². The molecule has 1 rings (SSSR count). The predicted molar refractivity (Wildman–Crippen MR) is 76.0 cm³/mol. The van der Waals surface area contributed by atoms with Gasteiger partial charge in [-0.1, -0.05) is 31.4 Å². The fraction of sp³-hybridized carbons (Fsp3) is 0.500. The third-order valence-corrected chi connectivity index (χ3v) is 3.05. The topological polar surface area (TPSA) is 55.1 Å². The minimum atomic E-state index is -0.104.